The van der Waals surface area contributed by atoms with E-state index in [0.29, 0.717) is 22.0 Å². The van der Waals surface area contributed by atoms with E-state index in [9.17, 15) is 14.7 Å². The van der Waals surface area contributed by atoms with E-state index in [4.69, 9.17) is 0 Å². The Morgan fingerprint density at radius 1 is 1.00 bits per heavy atom. The minimum atomic E-state index is -0.765. The van der Waals surface area contributed by atoms with Gasteiger partial charge in [-0.15, -0.1) is 10.2 Å². The molecule has 0 aliphatic rings. The van der Waals surface area contributed by atoms with Crippen LogP contribution in [0.1, 0.15) is 15.9 Å². The van der Waals surface area contributed by atoms with Gasteiger partial charge in [0.1, 0.15) is 5.70 Å². The van der Waals surface area contributed by atoms with Crippen molar-refractivity contribution in [3.8, 4) is 5.88 Å². The highest BCUT2D eigenvalue weighted by Crippen LogP contribution is 2.42. The Morgan fingerprint density at radius 3 is 2.32 bits per heavy atom. The second kappa shape index (κ2) is 10.1. The summed E-state index contributed by atoms with van der Waals surface area (Å²) in [4.78, 5) is 25.7. The zero-order chi connectivity index (χ0) is 24.2. The number of nitrogens with zero attached hydrogens (tertiary/aromatic N) is 3. The van der Waals surface area contributed by atoms with Crippen molar-refractivity contribution in [3.63, 3.8) is 0 Å². The average molecular weight is 582 g/mol. The first-order valence-corrected chi connectivity index (χ1v) is 11.7. The fourth-order valence-electron chi connectivity index (χ4n) is 3.37. The van der Waals surface area contributed by atoms with Crippen molar-refractivity contribution >= 4 is 66.3 Å². The van der Waals surface area contributed by atoms with Crippen LogP contribution in [0.5, 0.6) is 5.88 Å². The highest BCUT2D eigenvalue weighted by Gasteiger charge is 2.19. The smallest absolute Gasteiger partial charge is 0.311 e. The standard InChI is InChI=1S/C25H18Br2N4O3/c1-31-22-18(13-17(26)14-19(22)27)21(25(31)34)29-30-24(33)20(12-15-8-4-2-5-9-15)28-23(32)16-10-6-3-7-11-16/h2-14,34H,1H3,(H,28,32)/b20-12+,30-29?. The molecule has 2 N–H and O–H groups in total. The van der Waals surface area contributed by atoms with E-state index in [0.717, 1.165) is 8.95 Å². The molecule has 34 heavy (non-hydrogen) atoms. The number of fused-ring (bicyclic) bond motifs is 1. The molecule has 0 unspecified atom stereocenters. The predicted molar refractivity (Wildman–Crippen MR) is 138 cm³/mol. The number of amides is 2. The molecule has 170 valence electrons. The second-order valence-corrected chi connectivity index (χ2v) is 9.08. The van der Waals surface area contributed by atoms with Crippen molar-refractivity contribution in [2.45, 2.75) is 0 Å². The third-order valence-corrected chi connectivity index (χ3v) is 6.08. The first kappa shape index (κ1) is 23.6. The van der Waals surface area contributed by atoms with Gasteiger partial charge in [0.2, 0.25) is 5.88 Å². The number of aryl methyl sites for hydroxylation is 1. The first-order chi connectivity index (χ1) is 16.3. The lowest BCUT2D eigenvalue weighted by Crippen LogP contribution is -2.26. The summed E-state index contributed by atoms with van der Waals surface area (Å²) >= 11 is 6.90. The Kier molecular flexibility index (Phi) is 7.04. The number of aromatic nitrogens is 1. The first-order valence-electron chi connectivity index (χ1n) is 10.1. The van der Waals surface area contributed by atoms with Crippen LogP contribution in [0.25, 0.3) is 17.0 Å². The van der Waals surface area contributed by atoms with Gasteiger partial charge in [0.15, 0.2) is 5.69 Å². The summed E-state index contributed by atoms with van der Waals surface area (Å²) in [5, 5.41) is 21.7. The maximum atomic E-state index is 13.0. The van der Waals surface area contributed by atoms with Crippen LogP contribution in [0.3, 0.4) is 0 Å². The number of carbonyl (C=O) groups is 2. The molecule has 0 saturated heterocycles. The summed E-state index contributed by atoms with van der Waals surface area (Å²) in [6, 6.07) is 21.2. The highest BCUT2D eigenvalue weighted by atomic mass is 79.9. The molecule has 0 bridgehead atoms. The highest BCUT2D eigenvalue weighted by molar-refractivity contribution is 9.11. The Balaban J connectivity index is 1.71. The predicted octanol–water partition coefficient (Wildman–Crippen LogP) is 6.49. The van der Waals surface area contributed by atoms with Crippen LogP contribution in [0.4, 0.5) is 5.69 Å². The van der Waals surface area contributed by atoms with Gasteiger partial charge in [0.05, 0.1) is 5.52 Å². The maximum Gasteiger partial charge on any atom is 0.311 e. The van der Waals surface area contributed by atoms with E-state index in [2.05, 4.69) is 47.4 Å². The van der Waals surface area contributed by atoms with Crippen LogP contribution < -0.4 is 5.32 Å². The largest absolute Gasteiger partial charge is 0.493 e. The Hall–Kier alpha value is -3.56. The maximum absolute atomic E-state index is 13.0. The minimum absolute atomic E-state index is 0.0501. The van der Waals surface area contributed by atoms with Crippen molar-refractivity contribution in [2.75, 3.05) is 0 Å². The number of hydrogen-bond donors (Lipinski definition) is 2. The number of rotatable bonds is 5. The number of benzene rings is 3. The quantitative estimate of drug-likeness (QED) is 0.208. The molecular formula is C25H18Br2N4O3. The summed E-state index contributed by atoms with van der Waals surface area (Å²) in [6.45, 7) is 0. The van der Waals surface area contributed by atoms with Gasteiger partial charge in [-0.25, -0.2) is 0 Å². The summed E-state index contributed by atoms with van der Waals surface area (Å²) in [5.74, 6) is -1.36. The summed E-state index contributed by atoms with van der Waals surface area (Å²) < 4.78 is 3.05. The lowest BCUT2D eigenvalue weighted by atomic mass is 10.1. The SMILES string of the molecule is Cn1c(O)c(N=NC(=O)/C(=C\c2ccccc2)NC(=O)c2ccccc2)c2cc(Br)cc(Br)c21. The van der Waals surface area contributed by atoms with Crippen LogP contribution in [-0.4, -0.2) is 21.5 Å². The van der Waals surface area contributed by atoms with E-state index >= 15 is 0 Å². The number of carbonyl (C=O) groups excluding carboxylic acids is 2. The summed E-state index contributed by atoms with van der Waals surface area (Å²) in [7, 11) is 1.68. The molecule has 1 heterocycles. The molecule has 0 radical (unpaired) electrons. The third-order valence-electron chi connectivity index (χ3n) is 5.01. The average Bonchev–Trinajstić information content (AvgIpc) is 3.07. The lowest BCUT2D eigenvalue weighted by Gasteiger charge is -2.07. The second-order valence-electron chi connectivity index (χ2n) is 7.31. The zero-order valence-corrected chi connectivity index (χ0v) is 21.0. The van der Waals surface area contributed by atoms with Gasteiger partial charge in [0, 0.05) is 26.9 Å². The van der Waals surface area contributed by atoms with Crippen LogP contribution in [0, 0.1) is 0 Å². The fraction of sp³-hybridized carbons (Fsp3) is 0.0400. The molecule has 3 aromatic carbocycles. The van der Waals surface area contributed by atoms with Gasteiger partial charge in [-0.05, 0) is 51.8 Å². The molecule has 0 fully saturated rings. The Bertz CT molecular complexity index is 1450. The van der Waals surface area contributed by atoms with Crippen LogP contribution in [-0.2, 0) is 11.8 Å². The molecule has 1 aromatic heterocycles. The number of nitrogens with one attached hydrogen (secondary N) is 1. The van der Waals surface area contributed by atoms with Gasteiger partial charge in [-0.3, -0.25) is 9.59 Å². The van der Waals surface area contributed by atoms with E-state index in [-0.39, 0.29) is 17.3 Å². The number of aromatic hydroxyl groups is 1. The van der Waals surface area contributed by atoms with Gasteiger partial charge >= 0.3 is 5.91 Å². The molecule has 0 saturated carbocycles. The van der Waals surface area contributed by atoms with E-state index in [1.165, 1.54) is 6.08 Å². The van der Waals surface area contributed by atoms with Crippen molar-refractivity contribution in [3.05, 3.63) is 98.6 Å². The summed E-state index contributed by atoms with van der Waals surface area (Å²) in [5.41, 5.74) is 1.88. The topological polar surface area (TPSA) is 96.0 Å². The van der Waals surface area contributed by atoms with Crippen LogP contribution >= 0.6 is 31.9 Å². The fourth-order valence-corrected chi connectivity index (χ4v) is 4.86. The minimum Gasteiger partial charge on any atom is -0.493 e. The molecule has 0 aliphatic heterocycles. The van der Waals surface area contributed by atoms with Gasteiger partial charge in [-0.1, -0.05) is 64.5 Å². The van der Waals surface area contributed by atoms with Gasteiger partial charge in [0.25, 0.3) is 5.91 Å². The van der Waals surface area contributed by atoms with E-state index in [1.807, 2.05) is 24.3 Å². The molecule has 0 atom stereocenters. The monoisotopic (exact) mass is 580 g/mol. The van der Waals surface area contributed by atoms with E-state index in [1.54, 1.807) is 60.1 Å². The van der Waals surface area contributed by atoms with Crippen molar-refractivity contribution in [1.82, 2.24) is 9.88 Å². The van der Waals surface area contributed by atoms with Gasteiger partial charge in [-0.2, -0.15) is 0 Å². The van der Waals surface area contributed by atoms with Crippen molar-refractivity contribution < 1.29 is 14.7 Å². The molecule has 0 spiro atoms. The van der Waals surface area contributed by atoms with Gasteiger partial charge < -0.3 is 15.0 Å². The van der Waals surface area contributed by atoms with Crippen molar-refractivity contribution in [1.29, 1.82) is 0 Å². The molecule has 7 nitrogen and oxygen atoms in total. The molecule has 2 amide bonds. The van der Waals surface area contributed by atoms with Crippen LogP contribution in [0.2, 0.25) is 0 Å². The zero-order valence-electron chi connectivity index (χ0n) is 17.9. The molecule has 9 heteroatoms. The molecular weight excluding hydrogens is 564 g/mol. The number of hydrogen-bond acceptors (Lipinski definition) is 4. The lowest BCUT2D eigenvalue weighted by molar-refractivity contribution is -0.115. The molecule has 4 aromatic rings. The number of azo groups is 1. The molecule has 4 rings (SSSR count). The third kappa shape index (κ3) is 5.00. The van der Waals surface area contributed by atoms with Crippen LogP contribution in [0.15, 0.2) is 97.7 Å². The number of halogens is 2. The molecule has 0 aliphatic carbocycles. The summed E-state index contributed by atoms with van der Waals surface area (Å²) in [6.07, 6.45) is 1.53. The van der Waals surface area contributed by atoms with Crippen molar-refractivity contribution in [2.24, 2.45) is 17.3 Å². The Labute approximate surface area is 212 Å². The normalized spacial score (nSPS) is 11.8. The Morgan fingerprint density at radius 2 is 1.65 bits per heavy atom. The van der Waals surface area contributed by atoms with E-state index < -0.39 is 11.8 Å².